The molecule has 0 spiro atoms. The van der Waals surface area contributed by atoms with Crippen LogP contribution in [0.15, 0.2) is 0 Å². The van der Waals surface area contributed by atoms with Gasteiger partial charge in [0, 0.05) is 13.2 Å². The molecule has 2 N–H and O–H groups in total. The first-order valence-electron chi connectivity index (χ1n) is 7.29. The lowest BCUT2D eigenvalue weighted by atomic mass is 9.83. The summed E-state index contributed by atoms with van der Waals surface area (Å²) in [6, 6.07) is -1.01. The Morgan fingerprint density at radius 1 is 1.10 bits per heavy atom. The summed E-state index contributed by atoms with van der Waals surface area (Å²) in [5.41, 5.74) is 0. The third-order valence-corrected chi connectivity index (χ3v) is 4.74. The first-order chi connectivity index (χ1) is 9.52. The van der Waals surface area contributed by atoms with E-state index in [2.05, 4.69) is 0 Å². The number of carbonyl (C=O) groups is 2. The number of hydrogen-bond acceptors (Lipinski definition) is 3. The minimum absolute atomic E-state index is 0.141. The number of methoxy groups -OCH3 is 1. The van der Waals surface area contributed by atoms with E-state index >= 15 is 0 Å². The summed E-state index contributed by atoms with van der Waals surface area (Å²) < 4.78 is 5.34. The van der Waals surface area contributed by atoms with Crippen molar-refractivity contribution in [3.05, 3.63) is 0 Å². The smallest absolute Gasteiger partial charge is 0.408 e. The SMILES string of the molecule is COC1CCC(C[C@@H]2CCC(C(=O)O)N2C(=O)O)CC1. The van der Waals surface area contributed by atoms with Crippen LogP contribution in [0.3, 0.4) is 0 Å². The van der Waals surface area contributed by atoms with Crippen molar-refractivity contribution in [2.45, 2.75) is 63.1 Å². The predicted octanol–water partition coefficient (Wildman–Crippen LogP) is 2.18. The Bertz CT molecular complexity index is 365. The van der Waals surface area contributed by atoms with Gasteiger partial charge in [-0.2, -0.15) is 0 Å². The zero-order valence-corrected chi connectivity index (χ0v) is 11.8. The molecular weight excluding hydrogens is 262 g/mol. The van der Waals surface area contributed by atoms with Crippen LogP contribution in [-0.4, -0.2) is 52.5 Å². The summed E-state index contributed by atoms with van der Waals surface area (Å²) in [7, 11) is 1.73. The molecule has 2 fully saturated rings. The highest BCUT2D eigenvalue weighted by Gasteiger charge is 2.42. The van der Waals surface area contributed by atoms with Gasteiger partial charge in [0.05, 0.1) is 6.10 Å². The molecule has 1 aliphatic carbocycles. The minimum Gasteiger partial charge on any atom is -0.480 e. The van der Waals surface area contributed by atoms with Crippen molar-refractivity contribution in [2.24, 2.45) is 5.92 Å². The Labute approximate surface area is 118 Å². The lowest BCUT2D eigenvalue weighted by Gasteiger charge is -2.32. The summed E-state index contributed by atoms with van der Waals surface area (Å²) in [6.07, 6.45) is 5.22. The summed E-state index contributed by atoms with van der Waals surface area (Å²) >= 11 is 0. The van der Waals surface area contributed by atoms with Crippen molar-refractivity contribution in [1.29, 1.82) is 0 Å². The molecule has 1 saturated carbocycles. The molecule has 0 bridgehead atoms. The fourth-order valence-electron chi connectivity index (χ4n) is 3.63. The normalized spacial score (nSPS) is 34.1. The van der Waals surface area contributed by atoms with Gasteiger partial charge in [-0.25, -0.2) is 9.59 Å². The third kappa shape index (κ3) is 3.23. The predicted molar refractivity (Wildman–Crippen MR) is 71.7 cm³/mol. The Balaban J connectivity index is 1.92. The standard InChI is InChI=1S/C14H23NO5/c1-20-11-5-2-9(3-6-11)8-10-4-7-12(13(16)17)15(10)14(18)19/h9-12H,2-8H2,1H3,(H,16,17)(H,18,19)/t9?,10-,11?,12?/m0/s1. The first kappa shape index (κ1) is 15.1. The van der Waals surface area contributed by atoms with Gasteiger partial charge in [0.1, 0.15) is 6.04 Å². The lowest BCUT2D eigenvalue weighted by Crippen LogP contribution is -2.45. The molecule has 0 aromatic rings. The fourth-order valence-corrected chi connectivity index (χ4v) is 3.63. The van der Waals surface area contributed by atoms with Crippen LogP contribution in [0.25, 0.3) is 0 Å². The molecule has 0 aromatic carbocycles. The number of likely N-dealkylation sites (tertiary alicyclic amines) is 1. The molecule has 1 saturated heterocycles. The molecule has 1 unspecified atom stereocenters. The number of hydrogen-bond donors (Lipinski definition) is 2. The quantitative estimate of drug-likeness (QED) is 0.826. The average Bonchev–Trinajstić information content (AvgIpc) is 2.83. The molecule has 6 heteroatoms. The highest BCUT2D eigenvalue weighted by molar-refractivity contribution is 5.80. The van der Waals surface area contributed by atoms with Gasteiger partial charge in [-0.15, -0.1) is 0 Å². The van der Waals surface area contributed by atoms with Crippen LogP contribution >= 0.6 is 0 Å². The minimum atomic E-state index is -1.11. The molecule has 0 aromatic heterocycles. The summed E-state index contributed by atoms with van der Waals surface area (Å²) in [5.74, 6) is -0.543. The third-order valence-electron chi connectivity index (χ3n) is 4.74. The van der Waals surface area contributed by atoms with E-state index in [1.54, 1.807) is 7.11 Å². The van der Waals surface area contributed by atoms with Gasteiger partial charge in [-0.1, -0.05) is 0 Å². The zero-order valence-electron chi connectivity index (χ0n) is 11.8. The van der Waals surface area contributed by atoms with Crippen LogP contribution in [0.5, 0.6) is 0 Å². The van der Waals surface area contributed by atoms with Gasteiger partial charge < -0.3 is 14.9 Å². The maximum atomic E-state index is 11.3. The summed E-state index contributed by atoms with van der Waals surface area (Å²) in [6.45, 7) is 0. The second-order valence-electron chi connectivity index (χ2n) is 5.89. The van der Waals surface area contributed by atoms with E-state index in [-0.39, 0.29) is 6.04 Å². The Kier molecular flexibility index (Phi) is 4.86. The van der Waals surface area contributed by atoms with Gasteiger partial charge in [0.25, 0.3) is 0 Å². The molecule has 0 radical (unpaired) electrons. The molecule has 1 amide bonds. The number of aliphatic carboxylic acids is 1. The van der Waals surface area contributed by atoms with E-state index in [4.69, 9.17) is 9.84 Å². The first-order valence-corrected chi connectivity index (χ1v) is 7.29. The summed E-state index contributed by atoms with van der Waals surface area (Å²) in [4.78, 5) is 23.6. The molecule has 20 heavy (non-hydrogen) atoms. The number of nitrogens with zero attached hydrogens (tertiary/aromatic N) is 1. The maximum absolute atomic E-state index is 11.3. The van der Waals surface area contributed by atoms with Crippen LogP contribution in [-0.2, 0) is 9.53 Å². The van der Waals surface area contributed by atoms with Gasteiger partial charge >= 0.3 is 12.1 Å². The van der Waals surface area contributed by atoms with Crippen LogP contribution < -0.4 is 0 Å². The lowest BCUT2D eigenvalue weighted by molar-refractivity contribution is -0.142. The Hall–Kier alpha value is -1.30. The number of carboxylic acid groups (broad SMARTS) is 2. The number of ether oxygens (including phenoxy) is 1. The second kappa shape index (κ2) is 6.43. The Morgan fingerprint density at radius 2 is 1.75 bits per heavy atom. The number of rotatable bonds is 4. The van der Waals surface area contributed by atoms with E-state index in [1.807, 2.05) is 0 Å². The van der Waals surface area contributed by atoms with Crippen molar-refractivity contribution < 1.29 is 24.5 Å². The molecule has 1 heterocycles. The highest BCUT2D eigenvalue weighted by Crippen LogP contribution is 2.35. The van der Waals surface area contributed by atoms with Crippen molar-refractivity contribution in [3.8, 4) is 0 Å². The van der Waals surface area contributed by atoms with Crippen molar-refractivity contribution in [3.63, 3.8) is 0 Å². The monoisotopic (exact) mass is 285 g/mol. The van der Waals surface area contributed by atoms with Gasteiger partial charge in [-0.05, 0) is 50.9 Å². The van der Waals surface area contributed by atoms with E-state index < -0.39 is 18.1 Å². The van der Waals surface area contributed by atoms with Crippen molar-refractivity contribution in [1.82, 2.24) is 4.90 Å². The fraction of sp³-hybridized carbons (Fsp3) is 0.857. The van der Waals surface area contributed by atoms with E-state index in [9.17, 15) is 14.7 Å². The zero-order chi connectivity index (χ0) is 14.7. The molecular formula is C14H23NO5. The van der Waals surface area contributed by atoms with Gasteiger partial charge in [0.2, 0.25) is 0 Å². The van der Waals surface area contributed by atoms with Crippen LogP contribution in [0.1, 0.15) is 44.9 Å². The van der Waals surface area contributed by atoms with Crippen LogP contribution in [0, 0.1) is 5.92 Å². The van der Waals surface area contributed by atoms with Crippen molar-refractivity contribution >= 4 is 12.1 Å². The summed E-state index contributed by atoms with van der Waals surface area (Å²) in [5, 5.41) is 18.4. The maximum Gasteiger partial charge on any atom is 0.408 e. The molecule has 6 nitrogen and oxygen atoms in total. The number of carboxylic acids is 1. The van der Waals surface area contributed by atoms with Gasteiger partial charge in [-0.3, -0.25) is 4.90 Å². The van der Waals surface area contributed by atoms with E-state index in [0.717, 1.165) is 37.0 Å². The molecule has 2 rings (SSSR count). The van der Waals surface area contributed by atoms with Crippen molar-refractivity contribution in [2.75, 3.05) is 7.11 Å². The van der Waals surface area contributed by atoms with Gasteiger partial charge in [0.15, 0.2) is 0 Å². The number of amides is 1. The Morgan fingerprint density at radius 3 is 2.25 bits per heavy atom. The van der Waals surface area contributed by atoms with Crippen LogP contribution in [0.2, 0.25) is 0 Å². The average molecular weight is 285 g/mol. The van der Waals surface area contributed by atoms with E-state index in [0.29, 0.717) is 24.9 Å². The molecule has 114 valence electrons. The molecule has 2 atom stereocenters. The largest absolute Gasteiger partial charge is 0.480 e. The molecule has 1 aliphatic heterocycles. The molecule has 2 aliphatic rings. The van der Waals surface area contributed by atoms with Crippen LogP contribution in [0.4, 0.5) is 4.79 Å². The topological polar surface area (TPSA) is 87.1 Å². The van der Waals surface area contributed by atoms with E-state index in [1.165, 1.54) is 0 Å². The highest BCUT2D eigenvalue weighted by atomic mass is 16.5. The second-order valence-corrected chi connectivity index (χ2v) is 5.89.